The van der Waals surface area contributed by atoms with E-state index in [-0.39, 0.29) is 31.7 Å². The molecule has 0 bridgehead atoms. The number of carboxylic acids is 1. The van der Waals surface area contributed by atoms with E-state index in [9.17, 15) is 19.8 Å². The highest BCUT2D eigenvalue weighted by Crippen LogP contribution is 2.42. The summed E-state index contributed by atoms with van der Waals surface area (Å²) < 4.78 is 11.4. The second kappa shape index (κ2) is 10.3. The molecule has 3 aromatic rings. The lowest BCUT2D eigenvalue weighted by atomic mass is 9.79. The van der Waals surface area contributed by atoms with Gasteiger partial charge in [0.2, 0.25) is 0 Å². The Morgan fingerprint density at radius 2 is 1.74 bits per heavy atom. The van der Waals surface area contributed by atoms with E-state index in [2.05, 4.69) is 6.07 Å². The van der Waals surface area contributed by atoms with Crippen molar-refractivity contribution in [2.45, 2.75) is 39.2 Å². The number of methoxy groups -OCH3 is 1. The Kier molecular flexibility index (Phi) is 7.22. The van der Waals surface area contributed by atoms with Crippen LogP contribution in [0.15, 0.2) is 60.7 Å². The molecule has 6 heteroatoms. The highest BCUT2D eigenvalue weighted by atomic mass is 16.5. The van der Waals surface area contributed by atoms with Gasteiger partial charge in [0.25, 0.3) is 0 Å². The minimum atomic E-state index is -1.21. The first-order valence-corrected chi connectivity index (χ1v) is 11.7. The van der Waals surface area contributed by atoms with Gasteiger partial charge in [0.05, 0.1) is 25.7 Å². The molecule has 0 aliphatic heterocycles. The number of carbonyl (C=O) groups is 2. The highest BCUT2D eigenvalue weighted by Gasteiger charge is 2.45. The fraction of sp³-hybridized carbons (Fsp3) is 0.310. The minimum Gasteiger partial charge on any atom is -0.493 e. The quantitative estimate of drug-likeness (QED) is 0.419. The summed E-state index contributed by atoms with van der Waals surface area (Å²) in [6, 6.07) is 18.6. The van der Waals surface area contributed by atoms with Gasteiger partial charge in [-0.05, 0) is 60.2 Å². The van der Waals surface area contributed by atoms with E-state index < -0.39 is 11.4 Å². The summed E-state index contributed by atoms with van der Waals surface area (Å²) in [5.74, 6) is -0.272. The summed E-state index contributed by atoms with van der Waals surface area (Å²) in [6.45, 7) is 2.35. The third kappa shape index (κ3) is 5.38. The topological polar surface area (TPSA) is 93.1 Å². The molecular weight excluding hydrogens is 444 g/mol. The maximum atomic E-state index is 13.3. The predicted octanol–water partition coefficient (Wildman–Crippen LogP) is 4.56. The molecule has 3 aromatic carbocycles. The number of aliphatic hydroxyl groups is 1. The fourth-order valence-corrected chi connectivity index (χ4v) is 4.78. The lowest BCUT2D eigenvalue weighted by Crippen LogP contribution is -2.34. The van der Waals surface area contributed by atoms with Crippen LogP contribution in [-0.4, -0.2) is 35.7 Å². The summed E-state index contributed by atoms with van der Waals surface area (Å²) in [5.41, 5.74) is 4.04. The number of carboxylic acid groups (broad SMARTS) is 1. The molecule has 35 heavy (non-hydrogen) atoms. The van der Waals surface area contributed by atoms with E-state index in [4.69, 9.17) is 9.47 Å². The number of carbonyl (C=O) groups excluding carboxylic acids is 1. The van der Waals surface area contributed by atoms with E-state index in [0.29, 0.717) is 30.1 Å². The maximum absolute atomic E-state index is 13.3. The number of aryl methyl sites for hydroxylation is 1. The van der Waals surface area contributed by atoms with Gasteiger partial charge in [0.1, 0.15) is 0 Å². The van der Waals surface area contributed by atoms with Crippen LogP contribution in [0.5, 0.6) is 11.5 Å². The lowest BCUT2D eigenvalue weighted by molar-refractivity contribution is -0.148. The van der Waals surface area contributed by atoms with Crippen LogP contribution in [0.25, 0.3) is 0 Å². The standard InChI is InChI=1S/C29H30O6/c1-19-4-3-5-20(12-19)10-11-35-27-14-22(8-9-26(27)34-2)25(31)17-29(28(32)33)15-23-7-6-21(18-30)13-24(23)16-29/h3-9,12-14,30H,10-11,15-18H2,1-2H3,(H,32,33). The summed E-state index contributed by atoms with van der Waals surface area (Å²) in [4.78, 5) is 25.6. The van der Waals surface area contributed by atoms with Gasteiger partial charge in [0, 0.05) is 18.4 Å². The summed E-state index contributed by atoms with van der Waals surface area (Å²) in [7, 11) is 1.54. The average molecular weight is 475 g/mol. The van der Waals surface area contributed by atoms with Gasteiger partial charge in [-0.15, -0.1) is 0 Å². The van der Waals surface area contributed by atoms with E-state index in [1.54, 1.807) is 31.4 Å². The SMILES string of the molecule is COc1ccc(C(=O)CC2(C(=O)O)Cc3ccc(CO)cc3C2)cc1OCCc1cccc(C)c1. The van der Waals surface area contributed by atoms with Gasteiger partial charge < -0.3 is 19.7 Å². The van der Waals surface area contributed by atoms with Crippen LogP contribution in [0, 0.1) is 12.3 Å². The van der Waals surface area contributed by atoms with Gasteiger partial charge in [-0.1, -0.05) is 48.0 Å². The average Bonchev–Trinajstić information content (AvgIpc) is 3.22. The zero-order valence-corrected chi connectivity index (χ0v) is 20.0. The van der Waals surface area contributed by atoms with Crippen molar-refractivity contribution >= 4 is 11.8 Å². The molecule has 0 aromatic heterocycles. The molecule has 0 saturated heterocycles. The van der Waals surface area contributed by atoms with Crippen molar-refractivity contribution in [1.82, 2.24) is 0 Å². The first-order valence-electron chi connectivity index (χ1n) is 11.7. The zero-order chi connectivity index (χ0) is 25.0. The van der Waals surface area contributed by atoms with Crippen molar-refractivity contribution in [2.75, 3.05) is 13.7 Å². The molecule has 6 nitrogen and oxygen atoms in total. The van der Waals surface area contributed by atoms with Crippen molar-refractivity contribution in [1.29, 1.82) is 0 Å². The molecule has 2 N–H and O–H groups in total. The van der Waals surface area contributed by atoms with Gasteiger partial charge in [-0.3, -0.25) is 9.59 Å². The second-order valence-corrected chi connectivity index (χ2v) is 9.25. The number of ether oxygens (including phenoxy) is 2. The number of aliphatic carboxylic acids is 1. The third-order valence-electron chi connectivity index (χ3n) is 6.68. The highest BCUT2D eigenvalue weighted by molar-refractivity contribution is 5.99. The van der Waals surface area contributed by atoms with Gasteiger partial charge in [-0.2, -0.15) is 0 Å². The number of hydrogen-bond acceptors (Lipinski definition) is 5. The van der Waals surface area contributed by atoms with Crippen LogP contribution >= 0.6 is 0 Å². The van der Waals surface area contributed by atoms with E-state index >= 15 is 0 Å². The summed E-state index contributed by atoms with van der Waals surface area (Å²) >= 11 is 0. The van der Waals surface area contributed by atoms with Gasteiger partial charge >= 0.3 is 5.97 Å². The Bertz CT molecular complexity index is 1250. The molecule has 0 radical (unpaired) electrons. The molecule has 1 aliphatic carbocycles. The Hall–Kier alpha value is -3.64. The molecule has 0 spiro atoms. The predicted molar refractivity (Wildman–Crippen MR) is 132 cm³/mol. The molecule has 4 rings (SSSR count). The molecule has 0 heterocycles. The van der Waals surface area contributed by atoms with Crippen LogP contribution in [0.4, 0.5) is 0 Å². The van der Waals surface area contributed by atoms with Crippen LogP contribution in [0.3, 0.4) is 0 Å². The molecule has 0 amide bonds. The normalized spacial score (nSPS) is 16.5. The van der Waals surface area contributed by atoms with Gasteiger partial charge in [0.15, 0.2) is 17.3 Å². The number of rotatable bonds is 10. The molecule has 1 aliphatic rings. The number of Topliss-reactive ketones (excluding diaryl/α,β-unsaturated/α-hetero) is 1. The summed E-state index contributed by atoms with van der Waals surface area (Å²) in [6.07, 6.45) is 1.12. The number of aliphatic hydroxyl groups excluding tert-OH is 1. The smallest absolute Gasteiger partial charge is 0.310 e. The molecule has 182 valence electrons. The van der Waals surface area contributed by atoms with Crippen molar-refractivity contribution < 1.29 is 29.3 Å². The largest absolute Gasteiger partial charge is 0.493 e. The first-order chi connectivity index (χ1) is 16.8. The fourth-order valence-electron chi connectivity index (χ4n) is 4.78. The van der Waals surface area contributed by atoms with Crippen molar-refractivity contribution in [3.8, 4) is 11.5 Å². The van der Waals surface area contributed by atoms with Crippen molar-refractivity contribution in [3.05, 3.63) is 94.0 Å². The van der Waals surface area contributed by atoms with Crippen molar-refractivity contribution in [2.24, 2.45) is 5.41 Å². The molecule has 1 unspecified atom stereocenters. The Balaban J connectivity index is 1.50. The van der Waals surface area contributed by atoms with E-state index in [0.717, 1.165) is 22.3 Å². The molecular formula is C29H30O6. The van der Waals surface area contributed by atoms with E-state index in [1.807, 2.05) is 37.3 Å². The maximum Gasteiger partial charge on any atom is 0.310 e. The van der Waals surface area contributed by atoms with Crippen LogP contribution in [-0.2, 0) is 30.7 Å². The molecule has 0 saturated carbocycles. The van der Waals surface area contributed by atoms with Crippen LogP contribution in [0.2, 0.25) is 0 Å². The monoisotopic (exact) mass is 474 g/mol. The zero-order valence-electron chi connectivity index (χ0n) is 20.0. The number of fused-ring (bicyclic) bond motifs is 1. The second-order valence-electron chi connectivity index (χ2n) is 9.25. The van der Waals surface area contributed by atoms with Crippen molar-refractivity contribution in [3.63, 3.8) is 0 Å². The lowest BCUT2D eigenvalue weighted by Gasteiger charge is -2.23. The molecule has 1 atom stereocenters. The number of hydrogen-bond donors (Lipinski definition) is 2. The Morgan fingerprint density at radius 3 is 2.46 bits per heavy atom. The van der Waals surface area contributed by atoms with Crippen LogP contribution < -0.4 is 9.47 Å². The first kappa shape index (κ1) is 24.5. The third-order valence-corrected chi connectivity index (χ3v) is 6.68. The Labute approximate surface area is 205 Å². The van der Waals surface area contributed by atoms with Gasteiger partial charge in [-0.25, -0.2) is 0 Å². The number of benzene rings is 3. The van der Waals surface area contributed by atoms with E-state index in [1.165, 1.54) is 5.56 Å². The number of ketones is 1. The van der Waals surface area contributed by atoms with Crippen LogP contribution in [0.1, 0.15) is 44.6 Å². The Morgan fingerprint density at radius 1 is 0.943 bits per heavy atom. The molecule has 0 fully saturated rings. The minimum absolute atomic E-state index is 0.106. The summed E-state index contributed by atoms with van der Waals surface area (Å²) in [5, 5.41) is 19.5.